The van der Waals surface area contributed by atoms with Gasteiger partial charge in [-0.25, -0.2) is 4.79 Å². The molecule has 1 aromatic carbocycles. The van der Waals surface area contributed by atoms with Crippen molar-refractivity contribution in [1.29, 1.82) is 0 Å². The van der Waals surface area contributed by atoms with Crippen molar-refractivity contribution < 1.29 is 19.4 Å². The van der Waals surface area contributed by atoms with E-state index in [1.54, 1.807) is 12.1 Å². The first kappa shape index (κ1) is 20.4. The summed E-state index contributed by atoms with van der Waals surface area (Å²) < 4.78 is 11.4. The van der Waals surface area contributed by atoms with Gasteiger partial charge in [-0.3, -0.25) is 0 Å². The molecule has 0 unspecified atom stereocenters. The number of aliphatic hydroxyl groups is 2. The second kappa shape index (κ2) is 6.85. The molecule has 1 heterocycles. The number of hydrogen-bond donors (Lipinski definition) is 2. The van der Waals surface area contributed by atoms with Gasteiger partial charge in [0, 0.05) is 23.4 Å². The van der Waals surface area contributed by atoms with Crippen molar-refractivity contribution in [3.63, 3.8) is 0 Å². The average Bonchev–Trinajstić information content (AvgIpc) is 2.64. The smallest absolute Gasteiger partial charge is 0.336 e. The minimum atomic E-state index is -0.826. The molecule has 2 aromatic rings. The van der Waals surface area contributed by atoms with E-state index in [2.05, 4.69) is 20.8 Å². The zero-order valence-corrected chi connectivity index (χ0v) is 17.8. The SMILES string of the molecule is CC1(C)[C@H]2CC[C@](C)(O)[C@H](COc3ccc4ccc(=O)oc4c3)[C@]2(C)CC[C@@H]1O. The molecule has 0 saturated heterocycles. The lowest BCUT2D eigenvalue weighted by atomic mass is 9.45. The summed E-state index contributed by atoms with van der Waals surface area (Å²) in [6, 6.07) is 8.62. The normalized spacial score (nSPS) is 36.6. The summed E-state index contributed by atoms with van der Waals surface area (Å²) in [5, 5.41) is 22.7. The van der Waals surface area contributed by atoms with Crippen LogP contribution in [-0.4, -0.2) is 28.5 Å². The first-order chi connectivity index (χ1) is 13.5. The van der Waals surface area contributed by atoms with E-state index in [1.165, 1.54) is 6.07 Å². The van der Waals surface area contributed by atoms with Crippen molar-refractivity contribution in [1.82, 2.24) is 0 Å². The number of rotatable bonds is 3. The second-order valence-electron chi connectivity index (χ2n) is 10.1. The molecule has 1 aromatic heterocycles. The number of aliphatic hydroxyl groups excluding tert-OH is 1. The molecule has 4 rings (SSSR count). The molecule has 5 heteroatoms. The lowest BCUT2D eigenvalue weighted by Crippen LogP contribution is -2.61. The Morgan fingerprint density at radius 3 is 2.59 bits per heavy atom. The minimum Gasteiger partial charge on any atom is -0.493 e. The molecule has 2 saturated carbocycles. The van der Waals surface area contributed by atoms with E-state index < -0.39 is 5.60 Å². The Bertz CT molecular complexity index is 959. The average molecular weight is 401 g/mol. The van der Waals surface area contributed by atoms with Crippen LogP contribution in [-0.2, 0) is 0 Å². The van der Waals surface area contributed by atoms with Gasteiger partial charge in [0.1, 0.15) is 11.3 Å². The molecular formula is C24H32O5. The zero-order chi connectivity index (χ0) is 21.0. The molecule has 2 fully saturated rings. The van der Waals surface area contributed by atoms with E-state index in [0.29, 0.717) is 30.3 Å². The summed E-state index contributed by atoms with van der Waals surface area (Å²) in [5.41, 5.74) is -1.02. The standard InChI is InChI=1S/C24H32O5/c1-22(2)18-9-12-24(4,27)19(23(18,3)11-10-20(22)25)14-28-16-7-5-15-6-8-21(26)29-17(15)13-16/h5-8,13,18-20,25,27H,9-12,14H2,1-4H3/t18-,19-,20+,23-,24+/m1/s1. The maximum atomic E-state index is 11.5. The minimum absolute atomic E-state index is 0.0565. The summed E-state index contributed by atoms with van der Waals surface area (Å²) in [5.74, 6) is 0.893. The van der Waals surface area contributed by atoms with Crippen molar-refractivity contribution in [2.75, 3.05) is 6.61 Å². The van der Waals surface area contributed by atoms with E-state index in [4.69, 9.17) is 9.15 Å². The lowest BCUT2D eigenvalue weighted by molar-refractivity contribution is -0.201. The Labute approximate surface area is 171 Å². The van der Waals surface area contributed by atoms with Crippen molar-refractivity contribution in [3.05, 3.63) is 40.8 Å². The third-order valence-electron chi connectivity index (χ3n) is 8.01. The molecular weight excluding hydrogens is 368 g/mol. The summed E-state index contributed by atoms with van der Waals surface area (Å²) in [6.07, 6.45) is 2.91. The van der Waals surface area contributed by atoms with Crippen LogP contribution in [0.4, 0.5) is 0 Å². The van der Waals surface area contributed by atoms with Crippen LogP contribution >= 0.6 is 0 Å². The van der Waals surface area contributed by atoms with Gasteiger partial charge in [0.15, 0.2) is 0 Å². The monoisotopic (exact) mass is 400 g/mol. The maximum absolute atomic E-state index is 11.5. The summed E-state index contributed by atoms with van der Waals surface area (Å²) in [7, 11) is 0. The Morgan fingerprint density at radius 2 is 1.83 bits per heavy atom. The first-order valence-electron chi connectivity index (χ1n) is 10.6. The van der Waals surface area contributed by atoms with Gasteiger partial charge in [-0.1, -0.05) is 20.8 Å². The Balaban J connectivity index is 1.61. The molecule has 0 bridgehead atoms. The predicted octanol–water partition coefficient (Wildman–Crippen LogP) is 4.14. The zero-order valence-electron chi connectivity index (χ0n) is 17.8. The van der Waals surface area contributed by atoms with E-state index in [0.717, 1.165) is 24.6 Å². The van der Waals surface area contributed by atoms with Crippen LogP contribution in [0.1, 0.15) is 53.4 Å². The van der Waals surface area contributed by atoms with E-state index in [9.17, 15) is 15.0 Å². The van der Waals surface area contributed by atoms with Gasteiger partial charge in [-0.2, -0.15) is 0 Å². The number of benzene rings is 1. The molecule has 5 atom stereocenters. The van der Waals surface area contributed by atoms with Gasteiger partial charge in [-0.05, 0) is 67.6 Å². The van der Waals surface area contributed by atoms with Gasteiger partial charge in [0.2, 0.25) is 0 Å². The highest BCUT2D eigenvalue weighted by Crippen LogP contribution is 2.61. The second-order valence-corrected chi connectivity index (χ2v) is 10.1. The van der Waals surface area contributed by atoms with Crippen LogP contribution in [0.2, 0.25) is 0 Å². The van der Waals surface area contributed by atoms with Gasteiger partial charge in [0.25, 0.3) is 0 Å². The Kier molecular flexibility index (Phi) is 4.82. The highest BCUT2D eigenvalue weighted by Gasteiger charge is 2.60. The van der Waals surface area contributed by atoms with Crippen molar-refractivity contribution in [3.8, 4) is 5.75 Å². The van der Waals surface area contributed by atoms with Crippen molar-refractivity contribution in [2.45, 2.75) is 65.1 Å². The molecule has 158 valence electrons. The highest BCUT2D eigenvalue weighted by atomic mass is 16.5. The first-order valence-corrected chi connectivity index (χ1v) is 10.6. The number of ether oxygens (including phenoxy) is 1. The predicted molar refractivity (Wildman–Crippen MR) is 112 cm³/mol. The largest absolute Gasteiger partial charge is 0.493 e. The van der Waals surface area contributed by atoms with E-state index in [1.807, 2.05) is 19.1 Å². The fraction of sp³-hybridized carbons (Fsp3) is 0.625. The van der Waals surface area contributed by atoms with E-state index in [-0.39, 0.29) is 28.5 Å². The topological polar surface area (TPSA) is 79.9 Å². The van der Waals surface area contributed by atoms with Crippen molar-refractivity contribution in [2.24, 2.45) is 22.7 Å². The van der Waals surface area contributed by atoms with Crippen LogP contribution in [0.3, 0.4) is 0 Å². The van der Waals surface area contributed by atoms with Crippen LogP contribution in [0.25, 0.3) is 11.0 Å². The number of hydrogen-bond acceptors (Lipinski definition) is 5. The molecule has 2 N–H and O–H groups in total. The fourth-order valence-corrected chi connectivity index (χ4v) is 6.20. The summed E-state index contributed by atoms with van der Waals surface area (Å²) in [6.45, 7) is 8.87. The van der Waals surface area contributed by atoms with Gasteiger partial charge >= 0.3 is 5.63 Å². The van der Waals surface area contributed by atoms with Crippen LogP contribution < -0.4 is 10.4 Å². The highest BCUT2D eigenvalue weighted by molar-refractivity contribution is 5.77. The molecule has 0 amide bonds. The summed E-state index contributed by atoms with van der Waals surface area (Å²) in [4.78, 5) is 11.5. The molecule has 29 heavy (non-hydrogen) atoms. The van der Waals surface area contributed by atoms with Gasteiger partial charge < -0.3 is 19.4 Å². The van der Waals surface area contributed by atoms with Crippen LogP contribution in [0, 0.1) is 22.7 Å². The quantitative estimate of drug-likeness (QED) is 0.757. The van der Waals surface area contributed by atoms with Crippen LogP contribution in [0.5, 0.6) is 5.75 Å². The van der Waals surface area contributed by atoms with E-state index >= 15 is 0 Å². The third-order valence-corrected chi connectivity index (χ3v) is 8.01. The third kappa shape index (κ3) is 3.38. The van der Waals surface area contributed by atoms with Gasteiger partial charge in [-0.15, -0.1) is 0 Å². The van der Waals surface area contributed by atoms with Crippen LogP contribution in [0.15, 0.2) is 39.5 Å². The lowest BCUT2D eigenvalue weighted by Gasteiger charge is -2.62. The maximum Gasteiger partial charge on any atom is 0.336 e. The molecule has 0 aliphatic heterocycles. The Morgan fingerprint density at radius 1 is 1.10 bits per heavy atom. The van der Waals surface area contributed by atoms with Gasteiger partial charge in [0.05, 0.1) is 18.3 Å². The summed E-state index contributed by atoms with van der Waals surface area (Å²) >= 11 is 0. The van der Waals surface area contributed by atoms with Crippen molar-refractivity contribution >= 4 is 11.0 Å². The molecule has 0 spiro atoms. The Hall–Kier alpha value is -1.85. The molecule has 0 radical (unpaired) electrons. The molecule has 2 aliphatic carbocycles. The number of fused-ring (bicyclic) bond motifs is 2. The molecule has 2 aliphatic rings. The molecule has 5 nitrogen and oxygen atoms in total. The fourth-order valence-electron chi connectivity index (χ4n) is 6.20.